The van der Waals surface area contributed by atoms with Gasteiger partial charge in [-0.3, -0.25) is 4.79 Å². The summed E-state index contributed by atoms with van der Waals surface area (Å²) in [6.07, 6.45) is 1.34. The van der Waals surface area contributed by atoms with Crippen molar-refractivity contribution >= 4 is 28.3 Å². The summed E-state index contributed by atoms with van der Waals surface area (Å²) in [5.74, 6) is -0.374. The third kappa shape index (κ3) is 4.25. The first-order chi connectivity index (χ1) is 11.4. The Balaban J connectivity index is 2.22. The fourth-order valence-electron chi connectivity index (χ4n) is 2.58. The fraction of sp³-hybridized carbons (Fsp3) is 0.368. The van der Waals surface area contributed by atoms with Gasteiger partial charge in [0.05, 0.1) is 12.7 Å². The Morgan fingerprint density at radius 2 is 1.75 bits per heavy atom. The number of hydrogen-bond donors (Lipinski definition) is 2. The topological polar surface area (TPSA) is 81.4 Å². The van der Waals surface area contributed by atoms with Crippen molar-refractivity contribution in [1.82, 2.24) is 5.32 Å². The Morgan fingerprint density at radius 3 is 2.33 bits per heavy atom. The Labute approximate surface area is 142 Å². The highest BCUT2D eigenvalue weighted by molar-refractivity contribution is 6.05. The second-order valence-corrected chi connectivity index (χ2v) is 6.31. The van der Waals surface area contributed by atoms with E-state index in [-0.39, 0.29) is 5.91 Å². The predicted molar refractivity (Wildman–Crippen MR) is 95.7 cm³/mol. The molecule has 0 saturated carbocycles. The molecule has 5 heteroatoms. The van der Waals surface area contributed by atoms with Crippen LogP contribution in [0.3, 0.4) is 0 Å². The molecule has 0 fully saturated rings. The van der Waals surface area contributed by atoms with Crippen molar-refractivity contribution in [1.29, 1.82) is 0 Å². The van der Waals surface area contributed by atoms with Crippen LogP contribution in [0.25, 0.3) is 10.8 Å². The highest BCUT2D eigenvalue weighted by atomic mass is 16.5. The molecular formula is C19H24N2O3. The second-order valence-electron chi connectivity index (χ2n) is 6.31. The number of nitrogens with one attached hydrogen (secondary N) is 1. The van der Waals surface area contributed by atoms with Gasteiger partial charge in [-0.15, -0.1) is 0 Å². The van der Waals surface area contributed by atoms with Crippen molar-refractivity contribution in [3.8, 4) is 0 Å². The monoisotopic (exact) mass is 328 g/mol. The van der Waals surface area contributed by atoms with Gasteiger partial charge in [0.2, 0.25) is 0 Å². The maximum Gasteiger partial charge on any atom is 0.328 e. The van der Waals surface area contributed by atoms with Crippen molar-refractivity contribution in [2.24, 2.45) is 5.92 Å². The number of hydrogen-bond acceptors (Lipinski definition) is 4. The summed E-state index contributed by atoms with van der Waals surface area (Å²) in [5.41, 5.74) is 6.77. The minimum atomic E-state index is -0.671. The molecule has 0 bridgehead atoms. The van der Waals surface area contributed by atoms with Crippen LogP contribution in [0, 0.1) is 5.92 Å². The summed E-state index contributed by atoms with van der Waals surface area (Å²) in [7, 11) is 1.32. The lowest BCUT2D eigenvalue weighted by atomic mass is 10.0. The minimum absolute atomic E-state index is 0.364. The van der Waals surface area contributed by atoms with Crippen molar-refractivity contribution in [3.63, 3.8) is 0 Å². The number of rotatable bonds is 6. The van der Waals surface area contributed by atoms with E-state index in [4.69, 9.17) is 10.5 Å². The zero-order valence-electron chi connectivity index (χ0n) is 14.3. The van der Waals surface area contributed by atoms with Crippen molar-refractivity contribution < 1.29 is 14.3 Å². The highest BCUT2D eigenvalue weighted by Crippen LogP contribution is 2.22. The van der Waals surface area contributed by atoms with Gasteiger partial charge in [0.1, 0.15) is 6.04 Å². The maximum absolute atomic E-state index is 12.6. The number of nitrogen functional groups attached to an aromatic ring is 1. The molecule has 1 atom stereocenters. The molecule has 0 radical (unpaired) electrons. The van der Waals surface area contributed by atoms with Gasteiger partial charge in [-0.1, -0.05) is 38.1 Å². The zero-order valence-corrected chi connectivity index (χ0v) is 14.3. The summed E-state index contributed by atoms with van der Waals surface area (Å²) < 4.78 is 4.80. The van der Waals surface area contributed by atoms with E-state index in [1.165, 1.54) is 7.11 Å². The number of carbonyl (C=O) groups is 2. The van der Waals surface area contributed by atoms with E-state index in [0.29, 0.717) is 23.6 Å². The van der Waals surface area contributed by atoms with Gasteiger partial charge >= 0.3 is 5.97 Å². The Bertz CT molecular complexity index is 740. The van der Waals surface area contributed by atoms with Crippen molar-refractivity contribution in [3.05, 3.63) is 42.0 Å². The number of amides is 1. The van der Waals surface area contributed by atoms with E-state index in [1.807, 2.05) is 24.3 Å². The number of methoxy groups -OCH3 is 1. The van der Waals surface area contributed by atoms with Crippen LogP contribution < -0.4 is 11.1 Å². The van der Waals surface area contributed by atoms with Gasteiger partial charge in [0.15, 0.2) is 0 Å². The van der Waals surface area contributed by atoms with E-state index in [2.05, 4.69) is 19.2 Å². The number of esters is 1. The standard InChI is InChI=1S/C19H24N2O3/c1-12(2)8-9-17(19(23)24-3)21-18(22)15-10-13-6-4-5-7-14(13)11-16(15)20/h4-7,10-12,17H,8-9,20H2,1-3H3,(H,21,22)/t17-/m0/s1. The SMILES string of the molecule is COC(=O)[C@H](CCC(C)C)NC(=O)c1cc2ccccc2cc1N. The van der Waals surface area contributed by atoms with E-state index in [0.717, 1.165) is 17.2 Å². The lowest BCUT2D eigenvalue weighted by Crippen LogP contribution is -2.41. The number of fused-ring (bicyclic) bond motifs is 1. The lowest BCUT2D eigenvalue weighted by Gasteiger charge is -2.18. The van der Waals surface area contributed by atoms with E-state index < -0.39 is 12.0 Å². The molecule has 128 valence electrons. The number of ether oxygens (including phenoxy) is 1. The van der Waals surface area contributed by atoms with Crippen LogP contribution in [0.2, 0.25) is 0 Å². The quantitative estimate of drug-likeness (QED) is 0.630. The molecule has 0 aliphatic heterocycles. The maximum atomic E-state index is 12.6. The molecule has 3 N–H and O–H groups in total. The van der Waals surface area contributed by atoms with Gasteiger partial charge in [-0.2, -0.15) is 0 Å². The highest BCUT2D eigenvalue weighted by Gasteiger charge is 2.23. The Morgan fingerprint density at radius 1 is 1.12 bits per heavy atom. The van der Waals surface area contributed by atoms with Crippen LogP contribution >= 0.6 is 0 Å². The third-order valence-electron chi connectivity index (χ3n) is 3.99. The number of benzene rings is 2. The van der Waals surface area contributed by atoms with Crippen molar-refractivity contribution in [2.45, 2.75) is 32.7 Å². The smallest absolute Gasteiger partial charge is 0.328 e. The van der Waals surface area contributed by atoms with Gasteiger partial charge in [-0.25, -0.2) is 4.79 Å². The van der Waals surface area contributed by atoms with Crippen LogP contribution in [0.4, 0.5) is 5.69 Å². The lowest BCUT2D eigenvalue weighted by molar-refractivity contribution is -0.143. The molecular weight excluding hydrogens is 304 g/mol. The van der Waals surface area contributed by atoms with Crippen LogP contribution in [-0.2, 0) is 9.53 Å². The molecule has 0 aliphatic rings. The van der Waals surface area contributed by atoms with Crippen LogP contribution in [0.1, 0.15) is 37.0 Å². The van der Waals surface area contributed by atoms with E-state index in [1.54, 1.807) is 12.1 Å². The summed E-state index contributed by atoms with van der Waals surface area (Å²) in [6.45, 7) is 4.13. The molecule has 0 saturated heterocycles. The molecule has 24 heavy (non-hydrogen) atoms. The van der Waals surface area contributed by atoms with Gasteiger partial charge in [0.25, 0.3) is 5.91 Å². The summed E-state index contributed by atoms with van der Waals surface area (Å²) in [5, 5.41) is 4.64. The molecule has 2 aromatic carbocycles. The molecule has 2 aromatic rings. The average molecular weight is 328 g/mol. The van der Waals surface area contributed by atoms with Crippen molar-refractivity contribution in [2.75, 3.05) is 12.8 Å². The summed E-state index contributed by atoms with van der Waals surface area (Å²) in [4.78, 5) is 24.5. The number of carbonyl (C=O) groups excluding carboxylic acids is 2. The molecule has 0 heterocycles. The summed E-state index contributed by atoms with van der Waals surface area (Å²) in [6, 6.07) is 10.5. The second kappa shape index (κ2) is 7.81. The zero-order chi connectivity index (χ0) is 17.7. The average Bonchev–Trinajstić information content (AvgIpc) is 2.56. The molecule has 2 rings (SSSR count). The number of anilines is 1. The largest absolute Gasteiger partial charge is 0.467 e. The van der Waals surface area contributed by atoms with Crippen LogP contribution in [0.15, 0.2) is 36.4 Å². The Kier molecular flexibility index (Phi) is 5.79. The van der Waals surface area contributed by atoms with Crippen LogP contribution in [0.5, 0.6) is 0 Å². The molecule has 1 amide bonds. The molecule has 0 aromatic heterocycles. The van der Waals surface area contributed by atoms with Gasteiger partial charge < -0.3 is 15.8 Å². The molecule has 5 nitrogen and oxygen atoms in total. The van der Waals surface area contributed by atoms with E-state index >= 15 is 0 Å². The fourth-order valence-corrected chi connectivity index (χ4v) is 2.58. The summed E-state index contributed by atoms with van der Waals surface area (Å²) >= 11 is 0. The first-order valence-corrected chi connectivity index (χ1v) is 8.09. The first kappa shape index (κ1) is 17.8. The van der Waals surface area contributed by atoms with E-state index in [9.17, 15) is 9.59 Å². The normalized spacial score (nSPS) is 12.2. The molecule has 0 spiro atoms. The first-order valence-electron chi connectivity index (χ1n) is 8.09. The molecule has 0 unspecified atom stereocenters. The third-order valence-corrected chi connectivity index (χ3v) is 3.99. The number of nitrogens with two attached hydrogens (primary N) is 1. The molecule has 0 aliphatic carbocycles. The predicted octanol–water partition coefficient (Wildman–Crippen LogP) is 3.13. The van der Waals surface area contributed by atoms with Gasteiger partial charge in [-0.05, 0) is 41.7 Å². The van der Waals surface area contributed by atoms with Crippen LogP contribution in [-0.4, -0.2) is 25.0 Å². The minimum Gasteiger partial charge on any atom is -0.467 e. The van der Waals surface area contributed by atoms with Gasteiger partial charge in [0, 0.05) is 5.69 Å². The Hall–Kier alpha value is -2.56.